The third kappa shape index (κ3) is 9.49. The molecule has 0 spiro atoms. The predicted octanol–water partition coefficient (Wildman–Crippen LogP) is 8.29. The fraction of sp³-hybridized carbons (Fsp3) is 0.186. The number of ether oxygens (including phenoxy) is 2. The van der Waals surface area contributed by atoms with E-state index in [1.54, 1.807) is 36.4 Å². The van der Waals surface area contributed by atoms with E-state index >= 15 is 0 Å². The van der Waals surface area contributed by atoms with Crippen molar-refractivity contribution in [3.63, 3.8) is 0 Å². The van der Waals surface area contributed by atoms with Crippen LogP contribution in [0.1, 0.15) is 45.6 Å². The van der Waals surface area contributed by atoms with Crippen LogP contribution in [0.4, 0.5) is 0 Å². The lowest BCUT2D eigenvalue weighted by Gasteiger charge is -2.36. The average molecular weight is 764 g/mol. The zero-order valence-corrected chi connectivity index (χ0v) is 31.6. The molecule has 0 saturated carbocycles. The van der Waals surface area contributed by atoms with E-state index in [1.165, 1.54) is 24.3 Å². The lowest BCUT2D eigenvalue weighted by molar-refractivity contribution is 0.00712. The first kappa shape index (κ1) is 38.6. The molecule has 54 heavy (non-hydrogen) atoms. The molecular weight excluding hydrogens is 723 g/mol. The first-order chi connectivity index (χ1) is 26.0. The van der Waals surface area contributed by atoms with Gasteiger partial charge in [-0.3, -0.25) is 13.4 Å². The van der Waals surface area contributed by atoms with Gasteiger partial charge < -0.3 is 9.47 Å². The zero-order chi connectivity index (χ0) is 38.0. The van der Waals surface area contributed by atoms with Gasteiger partial charge in [-0.05, 0) is 54.8 Å². The minimum absolute atomic E-state index is 0.00540. The molecule has 9 nitrogen and oxygen atoms in total. The van der Waals surface area contributed by atoms with Crippen LogP contribution in [0.15, 0.2) is 161 Å². The fourth-order valence-electron chi connectivity index (χ4n) is 5.91. The van der Waals surface area contributed by atoms with Crippen LogP contribution < -0.4 is 4.74 Å². The standard InChI is InChI=1S/C43H41NO8S2/c1-33-19-23-41(24-20-33)53(45,46)51-31-38-29-40(30-39(44-38)32-52-54(47,48)42-25-21-34(2)22-26-42)49-27-12-28-50-43(35-13-6-3-7-14-35,36-15-8-4-9-16-36)37-17-10-5-11-18-37/h3-11,13-26,29-30H,12,27-28,31-32H2,1-2H3. The highest BCUT2D eigenvalue weighted by Gasteiger charge is 2.37. The van der Waals surface area contributed by atoms with Crippen molar-refractivity contribution < 1.29 is 34.7 Å². The van der Waals surface area contributed by atoms with Crippen molar-refractivity contribution in [1.82, 2.24) is 4.98 Å². The summed E-state index contributed by atoms with van der Waals surface area (Å²) in [5.74, 6) is 0.336. The van der Waals surface area contributed by atoms with E-state index in [-0.39, 0.29) is 27.8 Å². The first-order valence-corrected chi connectivity index (χ1v) is 20.2. The van der Waals surface area contributed by atoms with Crippen molar-refractivity contribution in [1.29, 1.82) is 0 Å². The number of nitrogens with zero attached hydrogens (tertiary/aromatic N) is 1. The minimum atomic E-state index is -4.11. The molecule has 0 unspecified atom stereocenters. The van der Waals surface area contributed by atoms with Crippen molar-refractivity contribution in [2.45, 2.75) is 48.9 Å². The molecule has 0 aliphatic rings. The van der Waals surface area contributed by atoms with Crippen LogP contribution in [0.3, 0.4) is 0 Å². The maximum Gasteiger partial charge on any atom is 0.297 e. The maximum absolute atomic E-state index is 13.0. The Balaban J connectivity index is 1.20. The largest absolute Gasteiger partial charge is 0.493 e. The predicted molar refractivity (Wildman–Crippen MR) is 206 cm³/mol. The Hall–Kier alpha value is -5.17. The van der Waals surface area contributed by atoms with E-state index in [2.05, 4.69) is 41.4 Å². The number of rotatable bonds is 17. The molecule has 0 saturated heterocycles. The molecule has 278 valence electrons. The Morgan fingerprint density at radius 2 is 0.907 bits per heavy atom. The van der Waals surface area contributed by atoms with E-state index in [0.29, 0.717) is 18.8 Å². The maximum atomic E-state index is 13.0. The lowest BCUT2D eigenvalue weighted by atomic mass is 9.80. The van der Waals surface area contributed by atoms with Gasteiger partial charge >= 0.3 is 0 Å². The Morgan fingerprint density at radius 1 is 0.519 bits per heavy atom. The quantitative estimate of drug-likeness (QED) is 0.0514. The Labute approximate surface area is 317 Å². The van der Waals surface area contributed by atoms with Crippen LogP contribution in [0.2, 0.25) is 0 Å². The third-order valence-corrected chi connectivity index (χ3v) is 11.2. The van der Waals surface area contributed by atoms with Crippen LogP contribution in [0.5, 0.6) is 5.75 Å². The summed E-state index contributed by atoms with van der Waals surface area (Å²) in [6.07, 6.45) is 0.484. The van der Waals surface area contributed by atoms with Crippen LogP contribution in [-0.2, 0) is 52.2 Å². The van der Waals surface area contributed by atoms with Gasteiger partial charge in [0.2, 0.25) is 0 Å². The summed E-state index contributed by atoms with van der Waals surface area (Å²) in [6, 6.07) is 45.9. The molecule has 11 heteroatoms. The van der Waals surface area contributed by atoms with Crippen molar-refractivity contribution in [2.24, 2.45) is 0 Å². The molecule has 6 rings (SSSR count). The van der Waals surface area contributed by atoms with Gasteiger partial charge in [0.1, 0.15) is 24.6 Å². The smallest absolute Gasteiger partial charge is 0.297 e. The topological polar surface area (TPSA) is 118 Å². The highest BCUT2D eigenvalue weighted by atomic mass is 32.2. The monoisotopic (exact) mass is 763 g/mol. The highest BCUT2D eigenvalue weighted by Crippen LogP contribution is 2.40. The van der Waals surface area contributed by atoms with Crippen LogP contribution in [0, 0.1) is 13.8 Å². The molecule has 0 N–H and O–H groups in total. The molecule has 1 heterocycles. The molecule has 0 atom stereocenters. The van der Waals surface area contributed by atoms with Crippen molar-refractivity contribution in [3.05, 3.63) is 191 Å². The molecule has 0 bridgehead atoms. The molecular formula is C43H41NO8S2. The Morgan fingerprint density at radius 3 is 1.30 bits per heavy atom. The summed E-state index contributed by atoms with van der Waals surface area (Å²) < 4.78 is 75.6. The summed E-state index contributed by atoms with van der Waals surface area (Å²) in [5.41, 5.74) is 4.28. The van der Waals surface area contributed by atoms with Crippen molar-refractivity contribution >= 4 is 20.2 Å². The second-order valence-corrected chi connectivity index (χ2v) is 15.9. The van der Waals surface area contributed by atoms with E-state index in [0.717, 1.165) is 27.8 Å². The molecule has 0 aliphatic heterocycles. The second kappa shape index (κ2) is 17.3. The highest BCUT2D eigenvalue weighted by molar-refractivity contribution is 7.87. The van der Waals surface area contributed by atoms with Gasteiger partial charge in [0.15, 0.2) is 0 Å². The van der Waals surface area contributed by atoms with Crippen molar-refractivity contribution in [2.75, 3.05) is 13.2 Å². The number of hydrogen-bond donors (Lipinski definition) is 0. The van der Waals surface area contributed by atoms with Crippen molar-refractivity contribution in [3.8, 4) is 5.75 Å². The Bertz CT molecular complexity index is 2140. The number of aromatic nitrogens is 1. The lowest BCUT2D eigenvalue weighted by Crippen LogP contribution is -2.33. The summed E-state index contributed by atoms with van der Waals surface area (Å²) in [6.45, 7) is 3.42. The van der Waals surface area contributed by atoms with Crippen LogP contribution in [0.25, 0.3) is 0 Å². The molecule has 0 aliphatic carbocycles. The van der Waals surface area contributed by atoms with Gasteiger partial charge in [0.05, 0.1) is 34.4 Å². The van der Waals surface area contributed by atoms with E-state index in [4.69, 9.17) is 17.8 Å². The summed E-state index contributed by atoms with van der Waals surface area (Å²) in [4.78, 5) is 4.46. The summed E-state index contributed by atoms with van der Waals surface area (Å²) in [7, 11) is -8.22. The SMILES string of the molecule is Cc1ccc(S(=O)(=O)OCc2cc(OCCCOC(c3ccccc3)(c3ccccc3)c3ccccc3)cc(COS(=O)(=O)c3ccc(C)cc3)n2)cc1. The fourth-order valence-corrected chi connectivity index (χ4v) is 7.68. The van der Waals surface area contributed by atoms with Gasteiger partial charge in [-0.1, -0.05) is 126 Å². The zero-order valence-electron chi connectivity index (χ0n) is 30.0. The summed E-state index contributed by atoms with van der Waals surface area (Å²) in [5, 5.41) is 0. The van der Waals surface area contributed by atoms with Crippen LogP contribution in [-0.4, -0.2) is 35.0 Å². The van der Waals surface area contributed by atoms with Crippen LogP contribution >= 0.6 is 0 Å². The molecule has 0 amide bonds. The average Bonchev–Trinajstić information content (AvgIpc) is 3.19. The molecule has 5 aromatic carbocycles. The van der Waals surface area contributed by atoms with Gasteiger partial charge in [-0.2, -0.15) is 16.8 Å². The summed E-state index contributed by atoms with van der Waals surface area (Å²) >= 11 is 0. The number of aryl methyl sites for hydroxylation is 2. The third-order valence-electron chi connectivity index (χ3n) is 8.67. The van der Waals surface area contributed by atoms with Gasteiger partial charge in [-0.25, -0.2) is 0 Å². The van der Waals surface area contributed by atoms with Gasteiger partial charge in [0, 0.05) is 18.6 Å². The molecule has 0 fully saturated rings. The first-order valence-electron chi connectivity index (χ1n) is 17.4. The Kier molecular flexibility index (Phi) is 12.4. The molecule has 1 aromatic heterocycles. The van der Waals surface area contributed by atoms with E-state index in [1.807, 2.05) is 68.4 Å². The normalized spacial score (nSPS) is 12.0. The van der Waals surface area contributed by atoms with Gasteiger partial charge in [-0.15, -0.1) is 0 Å². The second-order valence-electron chi connectivity index (χ2n) is 12.7. The van der Waals surface area contributed by atoms with E-state index < -0.39 is 39.1 Å². The number of hydrogen-bond acceptors (Lipinski definition) is 9. The molecule has 6 aromatic rings. The number of pyridine rings is 1. The number of benzene rings is 5. The van der Waals surface area contributed by atoms with Gasteiger partial charge in [0.25, 0.3) is 20.2 Å². The van der Waals surface area contributed by atoms with E-state index in [9.17, 15) is 16.8 Å². The minimum Gasteiger partial charge on any atom is -0.493 e. The molecule has 0 radical (unpaired) electrons.